The SMILES string of the molecule is Cc1n[nH]c(=O)c(CNS(=O)(=O)c2ccc3c(c2)CC(C)O3)c1C. The Kier molecular flexibility index (Phi) is 4.18. The van der Waals surface area contributed by atoms with Crippen molar-refractivity contribution in [2.45, 2.75) is 44.7 Å². The number of sulfonamides is 1. The summed E-state index contributed by atoms with van der Waals surface area (Å²) in [6.07, 6.45) is 0.730. The van der Waals surface area contributed by atoms with Crippen LogP contribution >= 0.6 is 0 Å². The van der Waals surface area contributed by atoms with Crippen LogP contribution in [0.1, 0.15) is 29.3 Å². The van der Waals surface area contributed by atoms with E-state index in [-0.39, 0.29) is 17.5 Å². The van der Waals surface area contributed by atoms with Crippen LogP contribution < -0.4 is 15.0 Å². The lowest BCUT2D eigenvalue weighted by Gasteiger charge is -2.10. The predicted octanol–water partition coefficient (Wildman–Crippen LogP) is 1.19. The molecule has 1 aromatic carbocycles. The summed E-state index contributed by atoms with van der Waals surface area (Å²) >= 11 is 0. The second-order valence-corrected chi connectivity index (χ2v) is 7.74. The average Bonchev–Trinajstić information content (AvgIpc) is 2.90. The Labute approximate surface area is 140 Å². The fraction of sp³-hybridized carbons (Fsp3) is 0.375. The zero-order valence-corrected chi connectivity index (χ0v) is 14.5. The molecule has 0 amide bonds. The van der Waals surface area contributed by atoms with Gasteiger partial charge in [-0.15, -0.1) is 0 Å². The predicted molar refractivity (Wildman–Crippen MR) is 88.6 cm³/mol. The molecule has 1 aliphatic heterocycles. The highest BCUT2D eigenvalue weighted by Crippen LogP contribution is 2.30. The highest BCUT2D eigenvalue weighted by Gasteiger charge is 2.23. The van der Waals surface area contributed by atoms with Crippen LogP contribution in [0, 0.1) is 13.8 Å². The molecule has 0 aliphatic carbocycles. The fourth-order valence-electron chi connectivity index (χ4n) is 2.70. The Bertz CT molecular complexity index is 950. The molecule has 0 spiro atoms. The Hall–Kier alpha value is -2.19. The minimum absolute atomic E-state index is 0.0481. The molecule has 2 aromatic rings. The second kappa shape index (κ2) is 6.03. The molecule has 1 unspecified atom stereocenters. The van der Waals surface area contributed by atoms with E-state index >= 15 is 0 Å². The van der Waals surface area contributed by atoms with Crippen molar-refractivity contribution in [1.29, 1.82) is 0 Å². The molecule has 0 saturated heterocycles. The van der Waals surface area contributed by atoms with Crippen LogP contribution in [0.2, 0.25) is 0 Å². The summed E-state index contributed by atoms with van der Waals surface area (Å²) in [6, 6.07) is 4.80. The lowest BCUT2D eigenvalue weighted by atomic mass is 10.1. The molecule has 128 valence electrons. The summed E-state index contributed by atoms with van der Waals surface area (Å²) < 4.78 is 33.1. The third-order valence-electron chi connectivity index (χ3n) is 4.21. The smallest absolute Gasteiger partial charge is 0.268 e. The normalized spacial score (nSPS) is 16.7. The van der Waals surface area contributed by atoms with Gasteiger partial charge in [0.05, 0.1) is 10.6 Å². The minimum Gasteiger partial charge on any atom is -0.490 e. The second-order valence-electron chi connectivity index (χ2n) is 5.97. The van der Waals surface area contributed by atoms with E-state index in [2.05, 4.69) is 14.9 Å². The standard InChI is InChI=1S/C16H19N3O4S/c1-9-6-12-7-13(4-5-15(12)23-9)24(21,22)17-8-14-10(2)11(3)18-19-16(14)20/h4-5,7,9,17H,6,8H2,1-3H3,(H,19,20). The minimum atomic E-state index is -3.72. The van der Waals surface area contributed by atoms with E-state index in [1.807, 2.05) is 6.92 Å². The van der Waals surface area contributed by atoms with E-state index in [1.54, 1.807) is 26.0 Å². The Morgan fingerprint density at radius 2 is 2.12 bits per heavy atom. The Balaban J connectivity index is 1.85. The summed E-state index contributed by atoms with van der Waals surface area (Å²) in [4.78, 5) is 12.0. The maximum atomic E-state index is 12.5. The first-order valence-electron chi connectivity index (χ1n) is 7.62. The summed E-state index contributed by atoms with van der Waals surface area (Å²) in [5, 5.41) is 6.23. The van der Waals surface area contributed by atoms with E-state index < -0.39 is 15.6 Å². The molecule has 2 heterocycles. The summed E-state index contributed by atoms with van der Waals surface area (Å²) in [6.45, 7) is 5.35. The molecule has 2 N–H and O–H groups in total. The monoisotopic (exact) mass is 349 g/mol. The molecule has 8 heteroatoms. The lowest BCUT2D eigenvalue weighted by Crippen LogP contribution is -2.28. The topological polar surface area (TPSA) is 101 Å². The fourth-order valence-corrected chi connectivity index (χ4v) is 3.75. The number of aromatic amines is 1. The van der Waals surface area contributed by atoms with Crippen molar-refractivity contribution >= 4 is 10.0 Å². The number of aromatic nitrogens is 2. The van der Waals surface area contributed by atoms with Crippen LogP contribution in [0.4, 0.5) is 0 Å². The van der Waals surface area contributed by atoms with Crippen molar-refractivity contribution in [3.8, 4) is 5.75 Å². The zero-order chi connectivity index (χ0) is 17.5. The van der Waals surface area contributed by atoms with Crippen LogP contribution in [0.25, 0.3) is 0 Å². The third kappa shape index (κ3) is 3.07. The van der Waals surface area contributed by atoms with Gasteiger partial charge in [-0.05, 0) is 50.1 Å². The van der Waals surface area contributed by atoms with Crippen molar-refractivity contribution in [3.63, 3.8) is 0 Å². The average molecular weight is 349 g/mol. The number of H-pyrrole nitrogens is 1. The van der Waals surface area contributed by atoms with Crippen molar-refractivity contribution in [2.24, 2.45) is 0 Å². The third-order valence-corrected chi connectivity index (χ3v) is 5.61. The van der Waals surface area contributed by atoms with Gasteiger partial charge in [0.25, 0.3) is 5.56 Å². The van der Waals surface area contributed by atoms with Gasteiger partial charge < -0.3 is 4.74 Å². The van der Waals surface area contributed by atoms with Crippen LogP contribution in [-0.4, -0.2) is 24.7 Å². The number of fused-ring (bicyclic) bond motifs is 1. The van der Waals surface area contributed by atoms with E-state index in [0.717, 1.165) is 11.3 Å². The molecular weight excluding hydrogens is 330 g/mol. The molecule has 0 fully saturated rings. The molecule has 1 aromatic heterocycles. The molecule has 7 nitrogen and oxygen atoms in total. The number of nitrogens with one attached hydrogen (secondary N) is 2. The number of ether oxygens (including phenoxy) is 1. The van der Waals surface area contributed by atoms with E-state index in [9.17, 15) is 13.2 Å². The molecule has 24 heavy (non-hydrogen) atoms. The van der Waals surface area contributed by atoms with Crippen LogP contribution in [0.15, 0.2) is 27.9 Å². The van der Waals surface area contributed by atoms with Gasteiger partial charge in [0, 0.05) is 18.5 Å². The summed E-state index contributed by atoms with van der Waals surface area (Å²) in [5.41, 5.74) is 2.19. The number of nitrogens with zero attached hydrogens (tertiary/aromatic N) is 1. The Morgan fingerprint density at radius 3 is 2.88 bits per heavy atom. The van der Waals surface area contributed by atoms with Gasteiger partial charge in [-0.2, -0.15) is 5.10 Å². The van der Waals surface area contributed by atoms with E-state index in [4.69, 9.17) is 4.74 Å². The lowest BCUT2D eigenvalue weighted by molar-refractivity contribution is 0.254. The molecule has 0 bridgehead atoms. The first-order valence-corrected chi connectivity index (χ1v) is 9.10. The molecule has 3 rings (SSSR count). The first kappa shape index (κ1) is 16.7. The van der Waals surface area contributed by atoms with Crippen LogP contribution in [-0.2, 0) is 23.0 Å². The van der Waals surface area contributed by atoms with Crippen LogP contribution in [0.5, 0.6) is 5.75 Å². The quantitative estimate of drug-likeness (QED) is 0.863. The van der Waals surface area contributed by atoms with Crippen molar-refractivity contribution in [3.05, 3.63) is 50.9 Å². The van der Waals surface area contributed by atoms with Gasteiger partial charge in [0.2, 0.25) is 10.0 Å². The first-order chi connectivity index (χ1) is 11.3. The van der Waals surface area contributed by atoms with E-state index in [1.165, 1.54) is 6.07 Å². The molecule has 1 aliphatic rings. The summed E-state index contributed by atoms with van der Waals surface area (Å²) in [7, 11) is -3.72. The van der Waals surface area contributed by atoms with Gasteiger partial charge in [0.1, 0.15) is 11.9 Å². The highest BCUT2D eigenvalue weighted by molar-refractivity contribution is 7.89. The van der Waals surface area contributed by atoms with Crippen LogP contribution in [0.3, 0.4) is 0 Å². The van der Waals surface area contributed by atoms with Gasteiger partial charge in [-0.3, -0.25) is 4.79 Å². The molecule has 0 radical (unpaired) electrons. The maximum Gasteiger partial charge on any atom is 0.268 e. The zero-order valence-electron chi connectivity index (χ0n) is 13.7. The van der Waals surface area contributed by atoms with Gasteiger partial charge in [0.15, 0.2) is 0 Å². The van der Waals surface area contributed by atoms with Crippen molar-refractivity contribution < 1.29 is 13.2 Å². The number of benzene rings is 1. The van der Waals surface area contributed by atoms with Crippen molar-refractivity contribution in [2.75, 3.05) is 0 Å². The molecule has 0 saturated carbocycles. The van der Waals surface area contributed by atoms with Crippen molar-refractivity contribution in [1.82, 2.24) is 14.9 Å². The number of hydrogen-bond donors (Lipinski definition) is 2. The van der Waals surface area contributed by atoms with Gasteiger partial charge in [-0.25, -0.2) is 18.2 Å². The maximum absolute atomic E-state index is 12.5. The van der Waals surface area contributed by atoms with E-state index in [0.29, 0.717) is 23.2 Å². The number of rotatable bonds is 4. The highest BCUT2D eigenvalue weighted by atomic mass is 32.2. The van der Waals surface area contributed by atoms with Gasteiger partial charge >= 0.3 is 0 Å². The molecular formula is C16H19N3O4S. The number of hydrogen-bond acceptors (Lipinski definition) is 5. The summed E-state index contributed by atoms with van der Waals surface area (Å²) in [5.74, 6) is 0.721. The molecule has 1 atom stereocenters. The Morgan fingerprint density at radius 1 is 1.38 bits per heavy atom. The largest absolute Gasteiger partial charge is 0.490 e. The number of aryl methyl sites for hydroxylation is 1. The van der Waals surface area contributed by atoms with Gasteiger partial charge in [-0.1, -0.05) is 0 Å².